The van der Waals surface area contributed by atoms with Gasteiger partial charge in [-0.2, -0.15) is 4.98 Å². The lowest BCUT2D eigenvalue weighted by molar-refractivity contribution is 0.101. The summed E-state index contributed by atoms with van der Waals surface area (Å²) < 4.78 is 0. The molecule has 0 saturated heterocycles. The van der Waals surface area contributed by atoms with Crippen molar-refractivity contribution in [2.45, 2.75) is 20.8 Å². The van der Waals surface area contributed by atoms with Crippen molar-refractivity contribution in [3.63, 3.8) is 0 Å². The maximum absolute atomic E-state index is 11.4. The van der Waals surface area contributed by atoms with Gasteiger partial charge in [0.15, 0.2) is 5.78 Å². The fraction of sp³-hybridized carbons (Fsp3) is 0.227. The van der Waals surface area contributed by atoms with Crippen LogP contribution < -0.4 is 15.5 Å². The van der Waals surface area contributed by atoms with Gasteiger partial charge in [0.05, 0.1) is 0 Å². The molecule has 0 aliphatic carbocycles. The van der Waals surface area contributed by atoms with Gasteiger partial charge in [-0.1, -0.05) is 0 Å². The quantitative estimate of drug-likeness (QED) is 0.539. The first-order chi connectivity index (χ1) is 13.6. The highest BCUT2D eigenvalue weighted by atomic mass is 16.1. The number of nitrogens with one attached hydrogen (secondary N) is 2. The number of nitrogens with zero attached hydrogens (tertiary/aromatic N) is 3. The van der Waals surface area contributed by atoms with Gasteiger partial charge in [-0.25, -0.2) is 4.98 Å². The minimum absolute atomic E-state index is 0.0426. The van der Waals surface area contributed by atoms with Crippen LogP contribution in [0.3, 0.4) is 0 Å². The predicted molar refractivity (Wildman–Crippen MR) is 115 cm³/mol. The zero-order valence-electron chi connectivity index (χ0n) is 16.4. The van der Waals surface area contributed by atoms with E-state index in [0.717, 1.165) is 24.5 Å². The van der Waals surface area contributed by atoms with E-state index < -0.39 is 0 Å². The molecule has 0 unspecified atom stereocenters. The van der Waals surface area contributed by atoms with Crippen molar-refractivity contribution >= 4 is 34.6 Å². The first-order valence-electron chi connectivity index (χ1n) is 9.42. The Labute approximate surface area is 165 Å². The van der Waals surface area contributed by atoms with Gasteiger partial charge >= 0.3 is 0 Å². The summed E-state index contributed by atoms with van der Waals surface area (Å²) in [5, 5.41) is 6.46. The molecule has 28 heavy (non-hydrogen) atoms. The minimum atomic E-state index is 0.0426. The van der Waals surface area contributed by atoms with Crippen LogP contribution in [0.4, 0.5) is 28.8 Å². The molecule has 0 radical (unpaired) electrons. The number of ketones is 1. The van der Waals surface area contributed by atoms with Crippen molar-refractivity contribution in [2.24, 2.45) is 0 Å². The van der Waals surface area contributed by atoms with Crippen molar-refractivity contribution < 1.29 is 4.79 Å². The zero-order valence-corrected chi connectivity index (χ0v) is 16.4. The number of carbonyl (C=O) groups is 1. The van der Waals surface area contributed by atoms with Crippen molar-refractivity contribution in [3.05, 3.63) is 66.4 Å². The largest absolute Gasteiger partial charge is 0.372 e. The Hall–Kier alpha value is -3.41. The fourth-order valence-corrected chi connectivity index (χ4v) is 2.90. The van der Waals surface area contributed by atoms with Crippen LogP contribution >= 0.6 is 0 Å². The number of aromatic nitrogens is 2. The summed E-state index contributed by atoms with van der Waals surface area (Å²) in [7, 11) is 0. The molecule has 6 nitrogen and oxygen atoms in total. The zero-order chi connectivity index (χ0) is 19.9. The molecule has 144 valence electrons. The Morgan fingerprint density at radius 1 is 0.893 bits per heavy atom. The average Bonchev–Trinajstić information content (AvgIpc) is 2.71. The Bertz CT molecular complexity index is 918. The van der Waals surface area contributed by atoms with Gasteiger partial charge in [-0.05, 0) is 75.4 Å². The normalized spacial score (nSPS) is 10.4. The number of carbonyl (C=O) groups excluding carboxylic acids is 1. The van der Waals surface area contributed by atoms with Gasteiger partial charge in [0.1, 0.15) is 5.82 Å². The van der Waals surface area contributed by atoms with Gasteiger partial charge in [0, 0.05) is 41.9 Å². The molecule has 0 bridgehead atoms. The van der Waals surface area contributed by atoms with Crippen molar-refractivity contribution in [2.75, 3.05) is 28.6 Å². The van der Waals surface area contributed by atoms with Crippen molar-refractivity contribution in [1.82, 2.24) is 9.97 Å². The van der Waals surface area contributed by atoms with E-state index in [-0.39, 0.29) is 5.78 Å². The molecule has 3 rings (SSSR count). The van der Waals surface area contributed by atoms with Crippen LogP contribution in [0.15, 0.2) is 60.8 Å². The molecule has 0 saturated carbocycles. The van der Waals surface area contributed by atoms with Crippen LogP contribution in [0.1, 0.15) is 31.1 Å². The SMILES string of the molecule is CCN(CC)c1ccc(Nc2ccnc(Nc3ccc(C(C)=O)cc3)n2)cc1. The second-order valence-corrected chi connectivity index (χ2v) is 6.37. The lowest BCUT2D eigenvalue weighted by Crippen LogP contribution is -2.21. The van der Waals surface area contributed by atoms with E-state index in [4.69, 9.17) is 0 Å². The van der Waals surface area contributed by atoms with Crippen LogP contribution in [-0.2, 0) is 0 Å². The summed E-state index contributed by atoms with van der Waals surface area (Å²) in [6.45, 7) is 7.82. The van der Waals surface area contributed by atoms with Gasteiger partial charge in [0.25, 0.3) is 0 Å². The Morgan fingerprint density at radius 2 is 1.50 bits per heavy atom. The molecule has 0 spiro atoms. The van der Waals surface area contributed by atoms with Crippen LogP contribution in [0, 0.1) is 0 Å². The molecule has 0 atom stereocenters. The molecule has 0 fully saturated rings. The maximum Gasteiger partial charge on any atom is 0.229 e. The maximum atomic E-state index is 11.4. The minimum Gasteiger partial charge on any atom is -0.372 e. The van der Waals surface area contributed by atoms with Gasteiger partial charge in [-0.15, -0.1) is 0 Å². The van der Waals surface area contributed by atoms with Crippen LogP contribution in [0.2, 0.25) is 0 Å². The highest BCUT2D eigenvalue weighted by Crippen LogP contribution is 2.21. The van der Waals surface area contributed by atoms with Crippen LogP contribution in [-0.4, -0.2) is 28.8 Å². The third-order valence-electron chi connectivity index (χ3n) is 4.47. The number of anilines is 5. The van der Waals surface area contributed by atoms with E-state index >= 15 is 0 Å². The summed E-state index contributed by atoms with van der Waals surface area (Å²) in [5.41, 5.74) is 3.67. The Kier molecular flexibility index (Phi) is 6.22. The first kappa shape index (κ1) is 19.4. The molecule has 0 aliphatic rings. The molecule has 1 aromatic heterocycles. The number of hydrogen-bond donors (Lipinski definition) is 2. The number of rotatable bonds is 8. The van der Waals surface area contributed by atoms with E-state index in [0.29, 0.717) is 17.3 Å². The lowest BCUT2D eigenvalue weighted by atomic mass is 10.1. The van der Waals surface area contributed by atoms with Gasteiger partial charge < -0.3 is 15.5 Å². The van der Waals surface area contributed by atoms with Crippen LogP contribution in [0.25, 0.3) is 0 Å². The average molecular weight is 375 g/mol. The summed E-state index contributed by atoms with van der Waals surface area (Å²) in [5.74, 6) is 1.23. The summed E-state index contributed by atoms with van der Waals surface area (Å²) in [4.78, 5) is 22.4. The number of benzene rings is 2. The number of Topliss-reactive ketones (excluding diaryl/α,β-unsaturated/α-hetero) is 1. The first-order valence-corrected chi connectivity index (χ1v) is 9.42. The molecule has 2 N–H and O–H groups in total. The second kappa shape index (κ2) is 8.99. The highest BCUT2D eigenvalue weighted by Gasteiger charge is 2.04. The summed E-state index contributed by atoms with van der Waals surface area (Å²) in [6, 6.07) is 17.4. The standard InChI is InChI=1S/C22H25N5O/c1-4-27(5-2)20-12-10-18(11-13-20)24-21-14-15-23-22(26-21)25-19-8-6-17(7-9-19)16(3)28/h6-15H,4-5H2,1-3H3,(H2,23,24,25,26). The van der Waals surface area contributed by atoms with E-state index in [1.165, 1.54) is 5.69 Å². The monoisotopic (exact) mass is 375 g/mol. The third-order valence-corrected chi connectivity index (χ3v) is 4.47. The molecule has 0 aliphatic heterocycles. The lowest BCUT2D eigenvalue weighted by Gasteiger charge is -2.21. The summed E-state index contributed by atoms with van der Waals surface area (Å²) in [6.07, 6.45) is 1.70. The highest BCUT2D eigenvalue weighted by molar-refractivity contribution is 5.94. The third kappa shape index (κ3) is 4.85. The van der Waals surface area contributed by atoms with Crippen LogP contribution in [0.5, 0.6) is 0 Å². The van der Waals surface area contributed by atoms with Crippen molar-refractivity contribution in [3.8, 4) is 0 Å². The number of hydrogen-bond acceptors (Lipinski definition) is 6. The summed E-state index contributed by atoms with van der Waals surface area (Å²) >= 11 is 0. The van der Waals surface area contributed by atoms with E-state index in [1.807, 2.05) is 30.3 Å². The van der Waals surface area contributed by atoms with E-state index in [1.54, 1.807) is 25.3 Å². The van der Waals surface area contributed by atoms with Gasteiger partial charge in [-0.3, -0.25) is 4.79 Å². The molecule has 6 heteroatoms. The molecule has 3 aromatic rings. The van der Waals surface area contributed by atoms with E-state index in [9.17, 15) is 4.79 Å². The molecule has 0 amide bonds. The predicted octanol–water partition coefficient (Wildman–Crippen LogP) is 5.01. The van der Waals surface area contributed by atoms with Gasteiger partial charge in [0.2, 0.25) is 5.95 Å². The Balaban J connectivity index is 1.68. The molecular weight excluding hydrogens is 350 g/mol. The smallest absolute Gasteiger partial charge is 0.229 e. The molecular formula is C22H25N5O. The fourth-order valence-electron chi connectivity index (χ4n) is 2.90. The molecule has 2 aromatic carbocycles. The molecule has 1 heterocycles. The van der Waals surface area contributed by atoms with E-state index in [2.05, 4.69) is 51.5 Å². The topological polar surface area (TPSA) is 70.2 Å². The Morgan fingerprint density at radius 3 is 2.11 bits per heavy atom. The second-order valence-electron chi connectivity index (χ2n) is 6.37. The van der Waals surface area contributed by atoms with Crippen molar-refractivity contribution in [1.29, 1.82) is 0 Å².